The zero-order chi connectivity index (χ0) is 15.8. The first-order chi connectivity index (χ1) is 9.93. The first kappa shape index (κ1) is 16.7. The number of hydrogen-bond donors (Lipinski definition) is 2. The number of esters is 1. The molecule has 1 aromatic carbocycles. The number of nitrogens with one attached hydrogen (secondary N) is 2. The molecule has 1 rings (SSSR count). The van der Waals surface area contributed by atoms with Crippen molar-refractivity contribution in [3.05, 3.63) is 29.8 Å². The minimum absolute atomic E-state index is 0.208. The van der Waals surface area contributed by atoms with Crippen molar-refractivity contribution < 1.29 is 19.1 Å². The van der Waals surface area contributed by atoms with Crippen LogP contribution >= 0.6 is 0 Å². The van der Waals surface area contributed by atoms with E-state index < -0.39 is 11.9 Å². The van der Waals surface area contributed by atoms with Crippen LogP contribution in [-0.4, -0.2) is 30.9 Å². The molecule has 0 aliphatic rings. The molecule has 21 heavy (non-hydrogen) atoms. The van der Waals surface area contributed by atoms with Crippen LogP contribution in [0.3, 0.4) is 0 Å². The maximum atomic E-state index is 11.7. The predicted molar refractivity (Wildman–Crippen MR) is 78.9 cm³/mol. The minimum atomic E-state index is -0.447. The van der Waals surface area contributed by atoms with Gasteiger partial charge in [0.25, 0.3) is 11.8 Å². The molecule has 0 spiro atoms. The fourth-order valence-electron chi connectivity index (χ4n) is 1.50. The van der Waals surface area contributed by atoms with E-state index >= 15 is 0 Å². The summed E-state index contributed by atoms with van der Waals surface area (Å²) in [6.07, 6.45) is 0. The highest BCUT2D eigenvalue weighted by molar-refractivity contribution is 5.97. The SMILES string of the molecule is CCNC(=O)c1cccc(NC(=O)COC(=O)C(C)C)c1. The maximum absolute atomic E-state index is 11.7. The Balaban J connectivity index is 2.58. The highest BCUT2D eigenvalue weighted by atomic mass is 16.5. The molecule has 0 unspecified atom stereocenters. The van der Waals surface area contributed by atoms with E-state index in [1.54, 1.807) is 38.1 Å². The van der Waals surface area contributed by atoms with Crippen LogP contribution < -0.4 is 10.6 Å². The monoisotopic (exact) mass is 292 g/mol. The van der Waals surface area contributed by atoms with Crippen LogP contribution in [0.2, 0.25) is 0 Å². The predicted octanol–water partition coefficient (Wildman–Crippen LogP) is 1.57. The van der Waals surface area contributed by atoms with Crippen LogP contribution in [-0.2, 0) is 14.3 Å². The Morgan fingerprint density at radius 2 is 1.95 bits per heavy atom. The molecule has 0 radical (unpaired) electrons. The van der Waals surface area contributed by atoms with E-state index in [2.05, 4.69) is 10.6 Å². The van der Waals surface area contributed by atoms with Gasteiger partial charge in [0.1, 0.15) is 0 Å². The van der Waals surface area contributed by atoms with Crippen molar-refractivity contribution in [1.29, 1.82) is 0 Å². The van der Waals surface area contributed by atoms with Crippen LogP contribution in [0.15, 0.2) is 24.3 Å². The van der Waals surface area contributed by atoms with E-state index in [1.165, 1.54) is 0 Å². The third-order valence-electron chi connectivity index (χ3n) is 2.56. The maximum Gasteiger partial charge on any atom is 0.308 e. The molecule has 0 fully saturated rings. The molecule has 114 valence electrons. The smallest absolute Gasteiger partial charge is 0.308 e. The van der Waals surface area contributed by atoms with E-state index in [0.717, 1.165) is 0 Å². The van der Waals surface area contributed by atoms with Crippen LogP contribution in [0, 0.1) is 5.92 Å². The molecule has 2 N–H and O–H groups in total. The summed E-state index contributed by atoms with van der Waals surface area (Å²) in [4.78, 5) is 34.6. The highest BCUT2D eigenvalue weighted by Gasteiger charge is 2.12. The molecule has 6 heteroatoms. The molecule has 0 aliphatic heterocycles. The zero-order valence-corrected chi connectivity index (χ0v) is 12.4. The summed E-state index contributed by atoms with van der Waals surface area (Å²) in [5.41, 5.74) is 0.929. The second-order valence-corrected chi connectivity index (χ2v) is 4.75. The number of carbonyl (C=O) groups excluding carboxylic acids is 3. The van der Waals surface area contributed by atoms with E-state index in [0.29, 0.717) is 17.8 Å². The molecule has 2 amide bonds. The van der Waals surface area contributed by atoms with E-state index in [9.17, 15) is 14.4 Å². The van der Waals surface area contributed by atoms with Crippen molar-refractivity contribution in [2.24, 2.45) is 5.92 Å². The standard InChI is InChI=1S/C15H20N2O4/c1-4-16-14(19)11-6-5-7-12(8-11)17-13(18)9-21-15(20)10(2)3/h5-8,10H,4,9H2,1-3H3,(H,16,19)(H,17,18). The van der Waals surface area contributed by atoms with Gasteiger partial charge in [-0.1, -0.05) is 19.9 Å². The highest BCUT2D eigenvalue weighted by Crippen LogP contribution is 2.10. The Kier molecular flexibility index (Phi) is 6.39. The van der Waals surface area contributed by atoms with Gasteiger partial charge >= 0.3 is 5.97 Å². The fourth-order valence-corrected chi connectivity index (χ4v) is 1.50. The van der Waals surface area contributed by atoms with Crippen LogP contribution in [0.5, 0.6) is 0 Å². The molecule has 0 atom stereocenters. The number of benzene rings is 1. The molecule has 6 nitrogen and oxygen atoms in total. The fraction of sp³-hybridized carbons (Fsp3) is 0.400. The van der Waals surface area contributed by atoms with Crippen molar-refractivity contribution in [1.82, 2.24) is 5.32 Å². The number of carbonyl (C=O) groups is 3. The number of amides is 2. The number of ether oxygens (including phenoxy) is 1. The number of hydrogen-bond acceptors (Lipinski definition) is 4. The number of anilines is 1. The summed E-state index contributed by atoms with van der Waals surface area (Å²) in [6.45, 7) is 5.39. The molecular formula is C15H20N2O4. The zero-order valence-electron chi connectivity index (χ0n) is 12.4. The van der Waals surface area contributed by atoms with E-state index in [-0.39, 0.29) is 18.4 Å². The van der Waals surface area contributed by atoms with Gasteiger partial charge in [0.2, 0.25) is 0 Å². The largest absolute Gasteiger partial charge is 0.455 e. The summed E-state index contributed by atoms with van der Waals surface area (Å²) in [5.74, 6) is -1.36. The second kappa shape index (κ2) is 8.04. The molecule has 1 aromatic rings. The topological polar surface area (TPSA) is 84.5 Å². The lowest BCUT2D eigenvalue weighted by atomic mass is 10.2. The van der Waals surface area contributed by atoms with Gasteiger partial charge in [-0.2, -0.15) is 0 Å². The van der Waals surface area contributed by atoms with Crippen molar-refractivity contribution in [2.45, 2.75) is 20.8 Å². The van der Waals surface area contributed by atoms with Crippen molar-refractivity contribution >= 4 is 23.5 Å². The molecule has 0 heterocycles. The van der Waals surface area contributed by atoms with Gasteiger partial charge in [0.05, 0.1) is 5.92 Å². The second-order valence-electron chi connectivity index (χ2n) is 4.75. The summed E-state index contributed by atoms with van der Waals surface area (Å²) in [5, 5.41) is 5.25. The van der Waals surface area contributed by atoms with Gasteiger partial charge in [-0.3, -0.25) is 14.4 Å². The quantitative estimate of drug-likeness (QED) is 0.780. The van der Waals surface area contributed by atoms with Gasteiger partial charge in [-0.15, -0.1) is 0 Å². The third kappa shape index (κ3) is 5.64. The van der Waals surface area contributed by atoms with Crippen molar-refractivity contribution in [3.63, 3.8) is 0 Å². The molecular weight excluding hydrogens is 272 g/mol. The Labute approximate surface area is 123 Å². The Hall–Kier alpha value is -2.37. The van der Waals surface area contributed by atoms with Gasteiger partial charge < -0.3 is 15.4 Å². The first-order valence-electron chi connectivity index (χ1n) is 6.78. The van der Waals surface area contributed by atoms with Crippen molar-refractivity contribution in [3.8, 4) is 0 Å². The Bertz CT molecular complexity index is 526. The lowest BCUT2D eigenvalue weighted by Gasteiger charge is -2.09. The first-order valence-corrected chi connectivity index (χ1v) is 6.78. The van der Waals surface area contributed by atoms with Gasteiger partial charge in [-0.25, -0.2) is 0 Å². The summed E-state index contributed by atoms with van der Waals surface area (Å²) in [6, 6.07) is 6.54. The van der Waals surface area contributed by atoms with Crippen LogP contribution in [0.25, 0.3) is 0 Å². The molecule has 0 saturated carbocycles. The minimum Gasteiger partial charge on any atom is -0.455 e. The Morgan fingerprint density at radius 1 is 1.24 bits per heavy atom. The summed E-state index contributed by atoms with van der Waals surface area (Å²) < 4.78 is 4.82. The Morgan fingerprint density at radius 3 is 2.57 bits per heavy atom. The van der Waals surface area contributed by atoms with Gasteiger partial charge in [0, 0.05) is 17.8 Å². The summed E-state index contributed by atoms with van der Waals surface area (Å²) >= 11 is 0. The molecule has 0 saturated heterocycles. The molecule has 0 bridgehead atoms. The van der Waals surface area contributed by atoms with Gasteiger partial charge in [-0.05, 0) is 25.1 Å². The average Bonchev–Trinajstić information content (AvgIpc) is 2.45. The average molecular weight is 292 g/mol. The van der Waals surface area contributed by atoms with E-state index in [4.69, 9.17) is 4.74 Å². The molecule has 0 aliphatic carbocycles. The van der Waals surface area contributed by atoms with Gasteiger partial charge in [0.15, 0.2) is 6.61 Å². The summed E-state index contributed by atoms with van der Waals surface area (Å²) in [7, 11) is 0. The lowest BCUT2D eigenvalue weighted by Crippen LogP contribution is -2.24. The number of rotatable bonds is 6. The molecule has 0 aromatic heterocycles. The van der Waals surface area contributed by atoms with Crippen LogP contribution in [0.4, 0.5) is 5.69 Å². The van der Waals surface area contributed by atoms with Crippen LogP contribution in [0.1, 0.15) is 31.1 Å². The lowest BCUT2D eigenvalue weighted by molar-refractivity contribution is -0.150. The normalized spacial score (nSPS) is 10.1. The van der Waals surface area contributed by atoms with Crippen molar-refractivity contribution in [2.75, 3.05) is 18.5 Å². The van der Waals surface area contributed by atoms with E-state index in [1.807, 2.05) is 6.92 Å². The third-order valence-corrected chi connectivity index (χ3v) is 2.56.